The van der Waals surface area contributed by atoms with Crippen LogP contribution in [0.15, 0.2) is 11.8 Å². The molecule has 0 N–H and O–H groups in total. The largest absolute Gasteiger partial charge is 0.494 e. The second-order valence-electron chi connectivity index (χ2n) is 5.28. The van der Waals surface area contributed by atoms with Gasteiger partial charge >= 0.3 is 0 Å². The van der Waals surface area contributed by atoms with Crippen LogP contribution in [0, 0.1) is 0 Å². The lowest BCUT2D eigenvalue weighted by molar-refractivity contribution is -0.246. The molecule has 0 saturated carbocycles. The minimum atomic E-state index is -1.20. The molecule has 4 atom stereocenters. The van der Waals surface area contributed by atoms with Gasteiger partial charge in [0.25, 0.3) is 0 Å². The minimum absolute atomic E-state index is 0.160. The molecular formula is C13H18O6. The second kappa shape index (κ2) is 4.02. The molecule has 2 aliphatic heterocycles. The molecule has 0 amide bonds. The Hall–Kier alpha value is -0.950. The van der Waals surface area contributed by atoms with Crippen molar-refractivity contribution in [3.8, 4) is 0 Å². The number of hydrogen-bond donors (Lipinski definition) is 0. The molecule has 19 heavy (non-hydrogen) atoms. The first-order valence-electron chi connectivity index (χ1n) is 6.40. The van der Waals surface area contributed by atoms with Crippen LogP contribution in [-0.4, -0.2) is 49.4 Å². The summed E-state index contributed by atoms with van der Waals surface area (Å²) in [6.45, 7) is 5.93. The van der Waals surface area contributed by atoms with Gasteiger partial charge in [0.15, 0.2) is 12.1 Å². The fourth-order valence-electron chi connectivity index (χ4n) is 2.88. The van der Waals surface area contributed by atoms with Gasteiger partial charge in [-0.3, -0.25) is 4.79 Å². The number of methoxy groups -OCH3 is 1. The summed E-state index contributed by atoms with van der Waals surface area (Å²) in [5.41, 5.74) is -1.20. The van der Waals surface area contributed by atoms with Gasteiger partial charge in [-0.25, -0.2) is 0 Å². The Morgan fingerprint density at radius 2 is 2.05 bits per heavy atom. The summed E-state index contributed by atoms with van der Waals surface area (Å²) >= 11 is 0. The van der Waals surface area contributed by atoms with E-state index in [1.165, 1.54) is 13.2 Å². The monoisotopic (exact) mass is 270 g/mol. The van der Waals surface area contributed by atoms with Gasteiger partial charge in [-0.2, -0.15) is 0 Å². The van der Waals surface area contributed by atoms with Gasteiger partial charge in [0.05, 0.1) is 6.61 Å². The van der Waals surface area contributed by atoms with Crippen molar-refractivity contribution < 1.29 is 28.5 Å². The van der Waals surface area contributed by atoms with E-state index in [1.54, 1.807) is 13.8 Å². The molecule has 2 unspecified atom stereocenters. The molecule has 1 aliphatic carbocycles. The van der Waals surface area contributed by atoms with E-state index in [9.17, 15) is 4.79 Å². The average molecular weight is 270 g/mol. The molecule has 2 fully saturated rings. The van der Waals surface area contributed by atoms with Crippen LogP contribution in [0.4, 0.5) is 0 Å². The molecule has 106 valence electrons. The van der Waals surface area contributed by atoms with E-state index in [0.717, 1.165) is 0 Å². The molecule has 0 radical (unpaired) electrons. The highest BCUT2D eigenvalue weighted by atomic mass is 16.8. The van der Waals surface area contributed by atoms with Crippen LogP contribution in [-0.2, 0) is 28.5 Å². The fourth-order valence-corrected chi connectivity index (χ4v) is 2.88. The summed E-state index contributed by atoms with van der Waals surface area (Å²) in [6, 6.07) is 0. The van der Waals surface area contributed by atoms with Gasteiger partial charge in [-0.15, -0.1) is 0 Å². The number of carbonyl (C=O) groups is 1. The van der Waals surface area contributed by atoms with Crippen LogP contribution in [0.25, 0.3) is 0 Å². The maximum Gasteiger partial charge on any atom is 0.219 e. The summed E-state index contributed by atoms with van der Waals surface area (Å²) in [5, 5.41) is 0. The van der Waals surface area contributed by atoms with Crippen LogP contribution in [0.3, 0.4) is 0 Å². The van der Waals surface area contributed by atoms with Crippen molar-refractivity contribution in [2.24, 2.45) is 0 Å². The standard InChI is InChI=1S/C13H18O6/c1-5-16-8-6-7(14)13(8)10-9(11(15-4)19-13)17-12(2,3)18-10/h6,9-11H,5H2,1-4H3/t9-,10?,11-,13?/m1/s1. The van der Waals surface area contributed by atoms with Crippen LogP contribution >= 0.6 is 0 Å². The zero-order valence-corrected chi connectivity index (χ0v) is 11.5. The van der Waals surface area contributed by atoms with E-state index in [-0.39, 0.29) is 5.78 Å². The summed E-state index contributed by atoms with van der Waals surface area (Å²) in [6.07, 6.45) is -0.174. The summed E-state index contributed by atoms with van der Waals surface area (Å²) < 4.78 is 28.1. The smallest absolute Gasteiger partial charge is 0.219 e. The van der Waals surface area contributed by atoms with Gasteiger partial charge in [-0.05, 0) is 20.8 Å². The van der Waals surface area contributed by atoms with E-state index in [1.807, 2.05) is 6.92 Å². The van der Waals surface area contributed by atoms with Crippen LogP contribution in [0.5, 0.6) is 0 Å². The van der Waals surface area contributed by atoms with Crippen LogP contribution < -0.4 is 0 Å². The van der Waals surface area contributed by atoms with E-state index in [2.05, 4.69) is 0 Å². The van der Waals surface area contributed by atoms with Crippen molar-refractivity contribution in [1.29, 1.82) is 0 Å². The van der Waals surface area contributed by atoms with Gasteiger partial charge in [0, 0.05) is 13.2 Å². The number of carbonyl (C=O) groups excluding carboxylic acids is 1. The quantitative estimate of drug-likeness (QED) is 0.754. The van der Waals surface area contributed by atoms with Crippen LogP contribution in [0.2, 0.25) is 0 Å². The summed E-state index contributed by atoms with van der Waals surface area (Å²) in [4.78, 5) is 12.1. The van der Waals surface area contributed by atoms with Gasteiger partial charge < -0.3 is 23.7 Å². The number of ether oxygens (including phenoxy) is 5. The van der Waals surface area contributed by atoms with Gasteiger partial charge in [0.1, 0.15) is 18.0 Å². The Kier molecular flexibility index (Phi) is 2.76. The molecule has 6 heteroatoms. The Morgan fingerprint density at radius 1 is 1.32 bits per heavy atom. The molecule has 0 aromatic rings. The topological polar surface area (TPSA) is 63.2 Å². The normalized spacial score (nSPS) is 43.1. The number of rotatable bonds is 3. The molecule has 0 aromatic heterocycles. The molecule has 2 heterocycles. The van der Waals surface area contributed by atoms with E-state index >= 15 is 0 Å². The van der Waals surface area contributed by atoms with Crippen molar-refractivity contribution in [1.82, 2.24) is 0 Å². The highest BCUT2D eigenvalue weighted by Gasteiger charge is 2.71. The summed E-state index contributed by atoms with van der Waals surface area (Å²) in [7, 11) is 1.52. The Labute approximate surface area is 111 Å². The zero-order valence-electron chi connectivity index (χ0n) is 11.5. The third kappa shape index (κ3) is 1.61. The highest BCUT2D eigenvalue weighted by Crippen LogP contribution is 2.51. The lowest BCUT2D eigenvalue weighted by Crippen LogP contribution is -2.57. The molecule has 3 rings (SSSR count). The van der Waals surface area contributed by atoms with E-state index < -0.39 is 29.9 Å². The molecule has 0 bridgehead atoms. The Bertz CT molecular complexity index is 442. The number of hydrogen-bond acceptors (Lipinski definition) is 6. The minimum Gasteiger partial charge on any atom is -0.494 e. The van der Waals surface area contributed by atoms with Crippen molar-refractivity contribution in [3.05, 3.63) is 11.8 Å². The third-order valence-corrected chi connectivity index (χ3v) is 3.63. The zero-order chi connectivity index (χ0) is 13.8. The van der Waals surface area contributed by atoms with Crippen molar-refractivity contribution in [2.45, 2.75) is 50.7 Å². The molecule has 0 aromatic carbocycles. The molecule has 6 nitrogen and oxygen atoms in total. The lowest BCUT2D eigenvalue weighted by Gasteiger charge is -2.38. The number of ketones is 1. The van der Waals surface area contributed by atoms with Crippen molar-refractivity contribution in [3.63, 3.8) is 0 Å². The molecule has 1 spiro atoms. The van der Waals surface area contributed by atoms with E-state index in [4.69, 9.17) is 23.7 Å². The highest BCUT2D eigenvalue weighted by molar-refractivity contribution is 6.08. The Morgan fingerprint density at radius 3 is 2.63 bits per heavy atom. The van der Waals surface area contributed by atoms with Gasteiger partial charge in [0.2, 0.25) is 11.4 Å². The predicted molar refractivity (Wildman–Crippen MR) is 63.2 cm³/mol. The van der Waals surface area contributed by atoms with Crippen molar-refractivity contribution in [2.75, 3.05) is 13.7 Å². The maximum absolute atomic E-state index is 12.1. The van der Waals surface area contributed by atoms with Crippen LogP contribution in [0.1, 0.15) is 20.8 Å². The SMILES string of the molecule is CCOC1=CC(=O)C12O[C@@H](OC)[C@@H]1OC(C)(C)OC12. The summed E-state index contributed by atoms with van der Waals surface area (Å²) in [5.74, 6) is -0.432. The molecule has 3 aliphatic rings. The molecular weight excluding hydrogens is 252 g/mol. The lowest BCUT2D eigenvalue weighted by atomic mass is 9.80. The number of fused-ring (bicyclic) bond motifs is 2. The average Bonchev–Trinajstić information content (AvgIpc) is 2.81. The first kappa shape index (κ1) is 13.1. The first-order valence-corrected chi connectivity index (χ1v) is 6.40. The fraction of sp³-hybridized carbons (Fsp3) is 0.769. The Balaban J connectivity index is 1.95. The maximum atomic E-state index is 12.1. The third-order valence-electron chi connectivity index (χ3n) is 3.63. The van der Waals surface area contributed by atoms with Crippen molar-refractivity contribution >= 4 is 5.78 Å². The van der Waals surface area contributed by atoms with Gasteiger partial charge in [-0.1, -0.05) is 0 Å². The van der Waals surface area contributed by atoms with E-state index in [0.29, 0.717) is 12.4 Å². The second-order valence-corrected chi connectivity index (χ2v) is 5.28. The molecule has 2 saturated heterocycles. The first-order chi connectivity index (χ1) is 8.94. The predicted octanol–water partition coefficient (Wildman–Crippen LogP) is 0.751.